The van der Waals surface area contributed by atoms with Crippen LogP contribution in [0.15, 0.2) is 30.3 Å². The summed E-state index contributed by atoms with van der Waals surface area (Å²) in [6, 6.07) is 10.4. The summed E-state index contributed by atoms with van der Waals surface area (Å²) < 4.78 is 22.0. The van der Waals surface area contributed by atoms with Crippen LogP contribution in [0.3, 0.4) is 0 Å². The molecular weight excluding hydrogens is 314 g/mol. The van der Waals surface area contributed by atoms with Gasteiger partial charge in [0.15, 0.2) is 0 Å². The Hall–Kier alpha value is -1.44. The molecule has 7 heteroatoms. The van der Waals surface area contributed by atoms with Crippen LogP contribution in [0, 0.1) is 0 Å². The lowest BCUT2D eigenvalue weighted by atomic mass is 10.2. The average Bonchev–Trinajstić information content (AvgIpc) is 2.49. The Morgan fingerprint density at radius 1 is 1.09 bits per heavy atom. The molecule has 128 valence electrons. The molecule has 0 atom stereocenters. The molecule has 0 spiro atoms. The van der Waals surface area contributed by atoms with Crippen molar-refractivity contribution in [3.63, 3.8) is 0 Å². The second-order valence-electron chi connectivity index (χ2n) is 6.02. The molecule has 23 heavy (non-hydrogen) atoms. The number of sulfone groups is 1. The first kappa shape index (κ1) is 17.9. The maximum atomic E-state index is 11.8. The van der Waals surface area contributed by atoms with Crippen molar-refractivity contribution in [1.82, 2.24) is 15.1 Å². The van der Waals surface area contributed by atoms with Gasteiger partial charge in [-0.2, -0.15) is 0 Å². The fourth-order valence-corrected chi connectivity index (χ4v) is 3.05. The highest BCUT2D eigenvalue weighted by Crippen LogP contribution is 2.08. The fourth-order valence-electron chi connectivity index (χ4n) is 2.58. The van der Waals surface area contributed by atoms with Gasteiger partial charge in [0.1, 0.15) is 9.84 Å². The van der Waals surface area contributed by atoms with Gasteiger partial charge in [0.25, 0.3) is 0 Å². The van der Waals surface area contributed by atoms with E-state index in [-0.39, 0.29) is 18.2 Å². The van der Waals surface area contributed by atoms with E-state index in [1.165, 1.54) is 11.8 Å². The smallest absolute Gasteiger partial charge is 0.234 e. The monoisotopic (exact) mass is 339 g/mol. The lowest BCUT2D eigenvalue weighted by Crippen LogP contribution is -2.49. The van der Waals surface area contributed by atoms with E-state index >= 15 is 0 Å². The molecule has 1 aliphatic rings. The first-order chi connectivity index (χ1) is 10.9. The summed E-state index contributed by atoms with van der Waals surface area (Å²) in [6.45, 7) is 5.04. The van der Waals surface area contributed by atoms with Crippen molar-refractivity contribution in [1.29, 1.82) is 0 Å². The summed E-state index contributed by atoms with van der Waals surface area (Å²) in [5, 5.41) is 2.66. The number of benzene rings is 1. The molecule has 1 saturated heterocycles. The molecule has 0 saturated carbocycles. The van der Waals surface area contributed by atoms with Gasteiger partial charge < -0.3 is 5.32 Å². The summed E-state index contributed by atoms with van der Waals surface area (Å²) in [4.78, 5) is 16.3. The van der Waals surface area contributed by atoms with Gasteiger partial charge >= 0.3 is 0 Å². The van der Waals surface area contributed by atoms with Crippen LogP contribution in [0.4, 0.5) is 0 Å². The molecule has 0 aliphatic carbocycles. The highest BCUT2D eigenvalue weighted by molar-refractivity contribution is 7.90. The molecule has 6 nitrogen and oxygen atoms in total. The normalized spacial score (nSPS) is 17.1. The Bertz CT molecular complexity index is 596. The minimum Gasteiger partial charge on any atom is -0.354 e. The molecule has 1 aliphatic heterocycles. The van der Waals surface area contributed by atoms with E-state index in [4.69, 9.17) is 0 Å². The summed E-state index contributed by atoms with van der Waals surface area (Å²) >= 11 is 0. The Labute approximate surface area is 138 Å². The minimum atomic E-state index is -3.02. The Kier molecular flexibility index (Phi) is 6.56. The molecule has 0 bridgehead atoms. The van der Waals surface area contributed by atoms with E-state index in [2.05, 4.69) is 27.2 Å². The zero-order chi connectivity index (χ0) is 16.7. The van der Waals surface area contributed by atoms with Crippen LogP contribution < -0.4 is 5.32 Å². The van der Waals surface area contributed by atoms with E-state index < -0.39 is 9.84 Å². The number of hydrogen-bond acceptors (Lipinski definition) is 5. The predicted octanol–water partition coefficient (Wildman–Crippen LogP) is -0.0350. The summed E-state index contributed by atoms with van der Waals surface area (Å²) in [7, 11) is -3.02. The van der Waals surface area contributed by atoms with Gasteiger partial charge in [0.05, 0.1) is 12.3 Å². The van der Waals surface area contributed by atoms with Crippen molar-refractivity contribution in [2.45, 2.75) is 6.54 Å². The lowest BCUT2D eigenvalue weighted by molar-refractivity contribution is -0.122. The van der Waals surface area contributed by atoms with Crippen LogP contribution in [0.2, 0.25) is 0 Å². The first-order valence-corrected chi connectivity index (χ1v) is 9.91. The SMILES string of the molecule is CS(=O)(=O)CCNC(=O)CN1CCN(Cc2ccccc2)CC1. The topological polar surface area (TPSA) is 69.7 Å². The van der Waals surface area contributed by atoms with E-state index in [1.54, 1.807) is 0 Å². The van der Waals surface area contributed by atoms with Crippen molar-refractivity contribution < 1.29 is 13.2 Å². The van der Waals surface area contributed by atoms with Crippen LogP contribution in [0.1, 0.15) is 5.56 Å². The standard InChI is InChI=1S/C16H25N3O3S/c1-23(21,22)12-7-17-16(20)14-19-10-8-18(9-11-19)13-15-5-3-2-4-6-15/h2-6H,7-14H2,1H3,(H,17,20). The zero-order valence-corrected chi connectivity index (χ0v) is 14.4. The number of piperazine rings is 1. The Morgan fingerprint density at radius 2 is 1.70 bits per heavy atom. The molecule has 1 aromatic carbocycles. The molecule has 0 unspecified atom stereocenters. The molecule has 0 radical (unpaired) electrons. The summed E-state index contributed by atoms with van der Waals surface area (Å²) in [5.41, 5.74) is 1.31. The number of nitrogens with zero attached hydrogens (tertiary/aromatic N) is 2. The largest absolute Gasteiger partial charge is 0.354 e. The molecule has 2 rings (SSSR count). The average molecular weight is 339 g/mol. The van der Waals surface area contributed by atoms with Crippen molar-refractivity contribution in [3.05, 3.63) is 35.9 Å². The third-order valence-corrected chi connectivity index (χ3v) is 4.82. The third kappa shape index (κ3) is 7.11. The molecule has 1 aromatic rings. The van der Waals surface area contributed by atoms with Crippen LogP contribution in [0.25, 0.3) is 0 Å². The molecule has 1 amide bonds. The molecule has 1 N–H and O–H groups in total. The number of hydrogen-bond donors (Lipinski definition) is 1. The summed E-state index contributed by atoms with van der Waals surface area (Å²) in [6.07, 6.45) is 1.17. The number of carbonyl (C=O) groups excluding carboxylic acids is 1. The Balaban J connectivity index is 1.65. The van der Waals surface area contributed by atoms with E-state index in [0.717, 1.165) is 32.7 Å². The van der Waals surface area contributed by atoms with Crippen LogP contribution >= 0.6 is 0 Å². The van der Waals surface area contributed by atoms with E-state index in [9.17, 15) is 13.2 Å². The van der Waals surface area contributed by atoms with Crippen LogP contribution in [0.5, 0.6) is 0 Å². The van der Waals surface area contributed by atoms with Gasteiger partial charge in [-0.1, -0.05) is 30.3 Å². The summed E-state index contributed by atoms with van der Waals surface area (Å²) in [5.74, 6) is -0.117. The quantitative estimate of drug-likeness (QED) is 0.755. The van der Waals surface area contributed by atoms with Crippen LogP contribution in [-0.4, -0.2) is 75.4 Å². The van der Waals surface area contributed by atoms with Crippen LogP contribution in [-0.2, 0) is 21.2 Å². The lowest BCUT2D eigenvalue weighted by Gasteiger charge is -2.34. The van der Waals surface area contributed by atoms with Gasteiger partial charge in [0.2, 0.25) is 5.91 Å². The number of nitrogens with one attached hydrogen (secondary N) is 1. The Morgan fingerprint density at radius 3 is 2.30 bits per heavy atom. The molecule has 1 fully saturated rings. The first-order valence-electron chi connectivity index (χ1n) is 7.85. The number of carbonyl (C=O) groups is 1. The molecular formula is C16H25N3O3S. The second-order valence-corrected chi connectivity index (χ2v) is 8.28. The van der Waals surface area contributed by atoms with Gasteiger partial charge in [-0.25, -0.2) is 8.42 Å². The minimum absolute atomic E-state index is 0.0103. The van der Waals surface area contributed by atoms with Gasteiger partial charge in [0, 0.05) is 45.5 Å². The second kappa shape index (κ2) is 8.42. The highest BCUT2D eigenvalue weighted by Gasteiger charge is 2.18. The zero-order valence-electron chi connectivity index (χ0n) is 13.6. The highest BCUT2D eigenvalue weighted by atomic mass is 32.2. The molecule has 0 aromatic heterocycles. The maximum Gasteiger partial charge on any atom is 0.234 e. The number of amides is 1. The molecule has 1 heterocycles. The van der Waals surface area contributed by atoms with Crippen molar-refractivity contribution in [3.8, 4) is 0 Å². The number of rotatable bonds is 7. The van der Waals surface area contributed by atoms with E-state index in [0.29, 0.717) is 6.54 Å². The van der Waals surface area contributed by atoms with Crippen molar-refractivity contribution in [2.24, 2.45) is 0 Å². The predicted molar refractivity (Wildman–Crippen MR) is 90.9 cm³/mol. The van der Waals surface area contributed by atoms with E-state index in [1.807, 2.05) is 18.2 Å². The third-order valence-electron chi connectivity index (χ3n) is 3.88. The van der Waals surface area contributed by atoms with Gasteiger partial charge in [-0.05, 0) is 5.56 Å². The fraction of sp³-hybridized carbons (Fsp3) is 0.562. The maximum absolute atomic E-state index is 11.8. The van der Waals surface area contributed by atoms with Gasteiger partial charge in [-0.15, -0.1) is 0 Å². The van der Waals surface area contributed by atoms with Gasteiger partial charge in [-0.3, -0.25) is 14.6 Å². The van der Waals surface area contributed by atoms with Crippen molar-refractivity contribution >= 4 is 15.7 Å². The van der Waals surface area contributed by atoms with Crippen molar-refractivity contribution in [2.75, 3.05) is 51.3 Å².